The van der Waals surface area contributed by atoms with Crippen molar-refractivity contribution in [2.45, 2.75) is 0 Å². The van der Waals surface area contributed by atoms with Crippen molar-refractivity contribution in [1.82, 2.24) is 4.98 Å². The SMILES string of the molecule is CSCCNc1cccnc1C(=O)O. The van der Waals surface area contributed by atoms with Crippen molar-refractivity contribution in [3.63, 3.8) is 0 Å². The number of pyridine rings is 1. The van der Waals surface area contributed by atoms with E-state index < -0.39 is 5.97 Å². The van der Waals surface area contributed by atoms with Gasteiger partial charge in [-0.2, -0.15) is 11.8 Å². The second-order valence-electron chi connectivity index (χ2n) is 2.62. The van der Waals surface area contributed by atoms with Crippen molar-refractivity contribution in [3.05, 3.63) is 24.0 Å². The van der Waals surface area contributed by atoms with Gasteiger partial charge < -0.3 is 10.4 Å². The first kappa shape index (κ1) is 10.8. The van der Waals surface area contributed by atoms with Gasteiger partial charge in [0.1, 0.15) is 0 Å². The molecule has 0 unspecified atom stereocenters. The zero-order valence-electron chi connectivity index (χ0n) is 7.86. The van der Waals surface area contributed by atoms with Gasteiger partial charge >= 0.3 is 5.97 Å². The van der Waals surface area contributed by atoms with E-state index in [0.717, 1.165) is 12.3 Å². The lowest BCUT2D eigenvalue weighted by molar-refractivity contribution is 0.0691. The van der Waals surface area contributed by atoms with Gasteiger partial charge in [-0.3, -0.25) is 0 Å². The zero-order chi connectivity index (χ0) is 10.4. The number of thioether (sulfide) groups is 1. The number of rotatable bonds is 5. The van der Waals surface area contributed by atoms with Crippen LogP contribution >= 0.6 is 11.8 Å². The normalized spacial score (nSPS) is 9.79. The molecule has 0 atom stereocenters. The summed E-state index contributed by atoms with van der Waals surface area (Å²) in [5, 5.41) is 11.8. The molecule has 0 aliphatic rings. The molecule has 0 aliphatic carbocycles. The predicted octanol–water partition coefficient (Wildman–Crippen LogP) is 1.55. The Bertz CT molecular complexity index is 317. The fourth-order valence-corrected chi connectivity index (χ4v) is 1.31. The molecule has 0 aliphatic heterocycles. The Morgan fingerprint density at radius 3 is 3.14 bits per heavy atom. The summed E-state index contributed by atoms with van der Waals surface area (Å²) in [7, 11) is 0. The average molecular weight is 212 g/mol. The quantitative estimate of drug-likeness (QED) is 0.725. The van der Waals surface area contributed by atoms with E-state index in [9.17, 15) is 4.79 Å². The molecule has 0 saturated heterocycles. The van der Waals surface area contributed by atoms with Crippen LogP contribution in [0.1, 0.15) is 10.5 Å². The number of aromatic nitrogens is 1. The molecule has 0 saturated carbocycles. The van der Waals surface area contributed by atoms with Gasteiger partial charge in [0.2, 0.25) is 0 Å². The molecule has 14 heavy (non-hydrogen) atoms. The topological polar surface area (TPSA) is 62.2 Å². The average Bonchev–Trinajstić information content (AvgIpc) is 2.19. The number of nitrogens with one attached hydrogen (secondary N) is 1. The van der Waals surface area contributed by atoms with Gasteiger partial charge in [-0.25, -0.2) is 9.78 Å². The lowest BCUT2D eigenvalue weighted by atomic mass is 10.3. The van der Waals surface area contributed by atoms with Crippen molar-refractivity contribution in [2.24, 2.45) is 0 Å². The summed E-state index contributed by atoms with van der Waals surface area (Å²) >= 11 is 1.70. The summed E-state index contributed by atoms with van der Waals surface area (Å²) in [5.74, 6) is -0.0641. The lowest BCUT2D eigenvalue weighted by Crippen LogP contribution is -2.10. The standard InChI is InChI=1S/C9H12N2O2S/c1-14-6-5-10-7-3-2-4-11-8(7)9(12)13/h2-4,10H,5-6H2,1H3,(H,12,13). The van der Waals surface area contributed by atoms with Crippen LogP contribution in [0.5, 0.6) is 0 Å². The number of nitrogens with zero attached hydrogens (tertiary/aromatic N) is 1. The highest BCUT2D eigenvalue weighted by Gasteiger charge is 2.09. The third kappa shape index (κ3) is 2.92. The van der Waals surface area contributed by atoms with Gasteiger partial charge in [0.15, 0.2) is 5.69 Å². The van der Waals surface area contributed by atoms with Crippen molar-refractivity contribution in [2.75, 3.05) is 23.9 Å². The van der Waals surface area contributed by atoms with Crippen molar-refractivity contribution >= 4 is 23.4 Å². The molecule has 0 spiro atoms. The van der Waals surface area contributed by atoms with E-state index in [1.165, 1.54) is 6.20 Å². The van der Waals surface area contributed by atoms with E-state index >= 15 is 0 Å². The smallest absolute Gasteiger partial charge is 0.356 e. The monoisotopic (exact) mass is 212 g/mol. The summed E-state index contributed by atoms with van der Waals surface area (Å²) in [6.07, 6.45) is 3.48. The Labute approximate surface area is 86.7 Å². The maximum absolute atomic E-state index is 10.7. The van der Waals surface area contributed by atoms with E-state index in [1.807, 2.05) is 6.26 Å². The van der Waals surface area contributed by atoms with Gasteiger partial charge in [-0.15, -0.1) is 0 Å². The molecule has 2 N–H and O–H groups in total. The molecule has 1 aromatic rings. The number of carbonyl (C=O) groups is 1. The minimum Gasteiger partial charge on any atom is -0.476 e. The Morgan fingerprint density at radius 1 is 1.71 bits per heavy atom. The van der Waals surface area contributed by atoms with Gasteiger partial charge in [-0.1, -0.05) is 0 Å². The Hall–Kier alpha value is -1.23. The minimum absolute atomic E-state index is 0.0774. The molecule has 76 valence electrons. The Kier molecular flexibility index (Phi) is 4.25. The predicted molar refractivity (Wildman–Crippen MR) is 58.1 cm³/mol. The van der Waals surface area contributed by atoms with Crippen LogP contribution in [0.3, 0.4) is 0 Å². The van der Waals surface area contributed by atoms with Crippen LogP contribution in [0, 0.1) is 0 Å². The Morgan fingerprint density at radius 2 is 2.50 bits per heavy atom. The second-order valence-corrected chi connectivity index (χ2v) is 3.61. The summed E-state index contributed by atoms with van der Waals surface area (Å²) in [5.41, 5.74) is 0.655. The number of hydrogen-bond donors (Lipinski definition) is 2. The largest absolute Gasteiger partial charge is 0.476 e. The van der Waals surface area contributed by atoms with Crippen molar-refractivity contribution in [1.29, 1.82) is 0 Å². The third-order valence-electron chi connectivity index (χ3n) is 1.63. The highest BCUT2D eigenvalue weighted by molar-refractivity contribution is 7.98. The molecule has 1 aromatic heterocycles. The van der Waals surface area contributed by atoms with E-state index in [-0.39, 0.29) is 5.69 Å². The maximum Gasteiger partial charge on any atom is 0.356 e. The van der Waals surface area contributed by atoms with Crippen LogP contribution in [-0.2, 0) is 0 Å². The number of aromatic carboxylic acids is 1. The molecule has 0 aromatic carbocycles. The van der Waals surface area contributed by atoms with E-state index in [2.05, 4.69) is 10.3 Å². The summed E-state index contributed by atoms with van der Waals surface area (Å²) in [6, 6.07) is 3.44. The molecule has 0 bridgehead atoms. The summed E-state index contributed by atoms with van der Waals surface area (Å²) < 4.78 is 0. The van der Waals surface area contributed by atoms with Gasteiger partial charge in [0.25, 0.3) is 0 Å². The number of hydrogen-bond acceptors (Lipinski definition) is 4. The van der Waals surface area contributed by atoms with Crippen LogP contribution in [-0.4, -0.2) is 34.6 Å². The highest BCUT2D eigenvalue weighted by atomic mass is 32.2. The molecular weight excluding hydrogens is 200 g/mol. The van der Waals surface area contributed by atoms with Gasteiger partial charge in [0.05, 0.1) is 5.69 Å². The summed E-state index contributed by atoms with van der Waals surface area (Å²) in [4.78, 5) is 14.5. The minimum atomic E-state index is -1.00. The number of carboxylic acids is 1. The molecule has 0 amide bonds. The Balaban J connectivity index is 2.69. The first-order chi connectivity index (χ1) is 6.75. The first-order valence-electron chi connectivity index (χ1n) is 4.17. The van der Waals surface area contributed by atoms with Crippen LogP contribution in [0.2, 0.25) is 0 Å². The van der Waals surface area contributed by atoms with Crippen LogP contribution in [0.15, 0.2) is 18.3 Å². The van der Waals surface area contributed by atoms with Gasteiger partial charge in [-0.05, 0) is 18.4 Å². The van der Waals surface area contributed by atoms with Crippen LogP contribution in [0.4, 0.5) is 5.69 Å². The number of anilines is 1. The molecule has 4 nitrogen and oxygen atoms in total. The van der Waals surface area contributed by atoms with E-state index in [1.54, 1.807) is 23.9 Å². The highest BCUT2D eigenvalue weighted by Crippen LogP contribution is 2.11. The first-order valence-corrected chi connectivity index (χ1v) is 5.56. The van der Waals surface area contributed by atoms with Crippen molar-refractivity contribution in [3.8, 4) is 0 Å². The molecule has 0 fully saturated rings. The maximum atomic E-state index is 10.7. The molecular formula is C9H12N2O2S. The number of carboxylic acid groups (broad SMARTS) is 1. The zero-order valence-corrected chi connectivity index (χ0v) is 8.67. The second kappa shape index (κ2) is 5.49. The fourth-order valence-electron chi connectivity index (χ4n) is 1.01. The molecule has 1 rings (SSSR count). The fraction of sp³-hybridized carbons (Fsp3) is 0.333. The molecule has 5 heteroatoms. The third-order valence-corrected chi connectivity index (χ3v) is 2.24. The molecule has 1 heterocycles. The lowest BCUT2D eigenvalue weighted by Gasteiger charge is -2.06. The molecule has 0 radical (unpaired) electrons. The van der Waals surface area contributed by atoms with Gasteiger partial charge in [0, 0.05) is 18.5 Å². The van der Waals surface area contributed by atoms with Crippen LogP contribution in [0.25, 0.3) is 0 Å². The summed E-state index contributed by atoms with van der Waals surface area (Å²) in [6.45, 7) is 0.743. The van der Waals surface area contributed by atoms with Crippen molar-refractivity contribution < 1.29 is 9.90 Å². The van der Waals surface area contributed by atoms with E-state index in [4.69, 9.17) is 5.11 Å². The van der Waals surface area contributed by atoms with E-state index in [0.29, 0.717) is 5.69 Å². The van der Waals surface area contributed by atoms with Crippen LogP contribution < -0.4 is 5.32 Å².